The third-order valence-electron chi connectivity index (χ3n) is 12.8. The lowest BCUT2D eigenvalue weighted by Gasteiger charge is -2.06. The van der Waals surface area contributed by atoms with Crippen LogP contribution in [0.3, 0.4) is 0 Å². The minimum absolute atomic E-state index is 0.0264. The zero-order valence-corrected chi connectivity index (χ0v) is 40.7. The summed E-state index contributed by atoms with van der Waals surface area (Å²) in [5, 5.41) is 0. The fourth-order valence-electron chi connectivity index (χ4n) is 8.73. The molecule has 0 saturated heterocycles. The minimum Gasteiger partial charge on any atom is -0.466 e. The third-order valence-corrected chi connectivity index (χ3v) is 12.8. The van der Waals surface area contributed by atoms with Crippen LogP contribution in [0.1, 0.15) is 329 Å². The number of hydrogen-bond acceptors (Lipinski definition) is 2. The molecule has 0 aromatic heterocycles. The first-order valence-electron chi connectivity index (χ1n) is 27.5. The molecule has 346 valence electrons. The van der Waals surface area contributed by atoms with Gasteiger partial charge in [0.2, 0.25) is 0 Å². The molecule has 0 heterocycles. The summed E-state index contributed by atoms with van der Waals surface area (Å²) in [6.07, 6.45) is 70.9. The van der Waals surface area contributed by atoms with Gasteiger partial charge in [-0.15, -0.1) is 0 Å². The van der Waals surface area contributed by atoms with Crippen LogP contribution in [-0.2, 0) is 9.53 Å². The van der Waals surface area contributed by atoms with E-state index in [4.69, 9.17) is 4.74 Å². The van der Waals surface area contributed by atoms with E-state index in [1.165, 1.54) is 289 Å². The molecule has 0 bridgehead atoms. The van der Waals surface area contributed by atoms with Crippen molar-refractivity contribution in [1.29, 1.82) is 0 Å². The van der Waals surface area contributed by atoms with Crippen LogP contribution >= 0.6 is 0 Å². The topological polar surface area (TPSA) is 26.3 Å². The number of unbranched alkanes of at least 4 members (excludes halogenated alkanes) is 43. The normalized spacial score (nSPS) is 11.8. The summed E-state index contributed by atoms with van der Waals surface area (Å²) in [7, 11) is 0. The van der Waals surface area contributed by atoms with Gasteiger partial charge in [0.15, 0.2) is 0 Å². The summed E-state index contributed by atoms with van der Waals surface area (Å²) in [5.74, 6) is 0.915. The summed E-state index contributed by atoms with van der Waals surface area (Å²) in [4.78, 5) is 12.1. The zero-order valence-electron chi connectivity index (χ0n) is 40.7. The maximum atomic E-state index is 12.1. The first-order chi connectivity index (χ1) is 28.7. The fourth-order valence-corrected chi connectivity index (χ4v) is 8.73. The van der Waals surface area contributed by atoms with Crippen molar-refractivity contribution < 1.29 is 9.53 Å². The largest absolute Gasteiger partial charge is 0.466 e. The Balaban J connectivity index is 3.15. The van der Waals surface area contributed by atoms with E-state index in [9.17, 15) is 4.79 Å². The number of rotatable bonds is 51. The highest BCUT2D eigenvalue weighted by Gasteiger charge is 2.03. The molecule has 0 aliphatic rings. The minimum atomic E-state index is 0.0264. The monoisotopic (exact) mass is 815 g/mol. The summed E-state index contributed by atoms with van der Waals surface area (Å²) in [6, 6.07) is 0. The molecule has 0 radical (unpaired) electrons. The van der Waals surface area contributed by atoms with E-state index in [1.54, 1.807) is 0 Å². The second kappa shape index (κ2) is 52.3. The van der Waals surface area contributed by atoms with Gasteiger partial charge in [-0.2, -0.15) is 0 Å². The Morgan fingerprint density at radius 2 is 0.603 bits per heavy atom. The van der Waals surface area contributed by atoms with E-state index in [0.717, 1.165) is 18.8 Å². The quantitative estimate of drug-likeness (QED) is 0.0347. The first kappa shape index (κ1) is 57.2. The predicted molar refractivity (Wildman–Crippen MR) is 262 cm³/mol. The second-order valence-electron chi connectivity index (χ2n) is 19.4. The molecule has 0 fully saturated rings. The molecule has 0 unspecified atom stereocenters. The van der Waals surface area contributed by atoms with Gasteiger partial charge in [0.05, 0.1) is 6.61 Å². The van der Waals surface area contributed by atoms with Gasteiger partial charge in [0.25, 0.3) is 0 Å². The fraction of sp³-hybridized carbons (Fsp3) is 0.946. The molecular weight excluding hydrogens is 705 g/mol. The Kier molecular flexibility index (Phi) is 51.6. The van der Waals surface area contributed by atoms with Crippen molar-refractivity contribution in [3.05, 3.63) is 12.2 Å². The molecule has 0 amide bonds. The van der Waals surface area contributed by atoms with Crippen molar-refractivity contribution in [2.45, 2.75) is 329 Å². The summed E-state index contributed by atoms with van der Waals surface area (Å²) in [5.41, 5.74) is 0. The average molecular weight is 815 g/mol. The highest BCUT2D eigenvalue weighted by molar-refractivity contribution is 5.69. The molecule has 0 rings (SSSR count). The Bertz CT molecular complexity index is 771. The molecule has 0 aromatic rings. The van der Waals surface area contributed by atoms with Crippen LogP contribution < -0.4 is 0 Å². The van der Waals surface area contributed by atoms with Crippen LogP contribution in [-0.4, -0.2) is 12.6 Å². The van der Waals surface area contributed by atoms with Crippen molar-refractivity contribution in [3.63, 3.8) is 0 Å². The summed E-state index contributed by atoms with van der Waals surface area (Å²) >= 11 is 0. The average Bonchev–Trinajstić information content (AvgIpc) is 3.22. The highest BCUT2D eigenvalue weighted by atomic mass is 16.5. The van der Waals surface area contributed by atoms with Crippen molar-refractivity contribution in [3.8, 4) is 0 Å². The molecule has 2 heteroatoms. The van der Waals surface area contributed by atoms with Crippen LogP contribution in [0.2, 0.25) is 0 Å². The molecule has 0 aliphatic heterocycles. The number of carbonyl (C=O) groups excluding carboxylic acids is 1. The first-order valence-corrected chi connectivity index (χ1v) is 27.5. The molecular formula is C56H110O2. The molecule has 0 atom stereocenters. The van der Waals surface area contributed by atoms with Crippen molar-refractivity contribution >= 4 is 5.97 Å². The molecule has 0 spiro atoms. The lowest BCUT2D eigenvalue weighted by Crippen LogP contribution is -2.05. The Morgan fingerprint density at radius 1 is 0.345 bits per heavy atom. The lowest BCUT2D eigenvalue weighted by molar-refractivity contribution is -0.143. The van der Waals surface area contributed by atoms with E-state index < -0.39 is 0 Å². The van der Waals surface area contributed by atoms with Gasteiger partial charge in [0.1, 0.15) is 0 Å². The van der Waals surface area contributed by atoms with Crippen molar-refractivity contribution in [1.82, 2.24) is 0 Å². The summed E-state index contributed by atoms with van der Waals surface area (Å²) < 4.78 is 5.49. The molecule has 2 nitrogen and oxygen atoms in total. The summed E-state index contributed by atoms with van der Waals surface area (Å²) in [6.45, 7) is 7.62. The van der Waals surface area contributed by atoms with E-state index in [1.807, 2.05) is 0 Å². The van der Waals surface area contributed by atoms with Crippen molar-refractivity contribution in [2.75, 3.05) is 6.61 Å². The van der Waals surface area contributed by atoms with Crippen LogP contribution in [0.15, 0.2) is 12.2 Å². The number of hydrogen-bond donors (Lipinski definition) is 0. The van der Waals surface area contributed by atoms with E-state index in [0.29, 0.717) is 13.0 Å². The van der Waals surface area contributed by atoms with Crippen LogP contribution in [0.25, 0.3) is 0 Å². The molecule has 0 N–H and O–H groups in total. The third kappa shape index (κ3) is 53.2. The van der Waals surface area contributed by atoms with E-state index in [2.05, 4.69) is 32.9 Å². The maximum absolute atomic E-state index is 12.1. The van der Waals surface area contributed by atoms with Gasteiger partial charge < -0.3 is 4.74 Å². The van der Waals surface area contributed by atoms with Gasteiger partial charge >= 0.3 is 5.97 Å². The number of allylic oxidation sites excluding steroid dienone is 2. The van der Waals surface area contributed by atoms with Gasteiger partial charge in [-0.1, -0.05) is 296 Å². The van der Waals surface area contributed by atoms with Gasteiger partial charge in [-0.05, 0) is 44.4 Å². The van der Waals surface area contributed by atoms with Crippen LogP contribution in [0, 0.1) is 5.92 Å². The predicted octanol–water partition coefficient (Wildman–Crippen LogP) is 20.5. The highest BCUT2D eigenvalue weighted by Crippen LogP contribution is 2.18. The second-order valence-corrected chi connectivity index (χ2v) is 19.4. The Morgan fingerprint density at radius 3 is 0.914 bits per heavy atom. The molecule has 0 saturated carbocycles. The maximum Gasteiger partial charge on any atom is 0.305 e. The van der Waals surface area contributed by atoms with Gasteiger partial charge in [-0.3, -0.25) is 4.79 Å². The van der Waals surface area contributed by atoms with Crippen molar-refractivity contribution in [2.24, 2.45) is 5.92 Å². The van der Waals surface area contributed by atoms with Gasteiger partial charge in [-0.25, -0.2) is 0 Å². The van der Waals surface area contributed by atoms with Gasteiger partial charge in [0, 0.05) is 6.42 Å². The zero-order chi connectivity index (χ0) is 41.9. The standard InChI is InChI=1S/C56H110O2/c1-4-5-6-7-8-9-10-11-12-28-32-35-38-41-44-47-50-53-56(57)58-54-51-48-45-42-39-36-33-30-27-25-23-21-19-17-15-13-14-16-18-20-22-24-26-29-31-34-37-40-43-46-49-52-55(2)3/h11-12,55H,4-10,13-54H2,1-3H3. The SMILES string of the molecule is CCCCCCCCC=CCCCCCCCCCC(=O)OCCCCCCCCCCCCCCCCCCCCCCCCCCCCCCCCCC(C)C. The molecule has 0 aliphatic carbocycles. The number of esters is 1. The smallest absolute Gasteiger partial charge is 0.305 e. The number of carbonyl (C=O) groups is 1. The van der Waals surface area contributed by atoms with E-state index in [-0.39, 0.29) is 5.97 Å². The van der Waals surface area contributed by atoms with Crippen LogP contribution in [0.5, 0.6) is 0 Å². The Hall–Kier alpha value is -0.790. The lowest BCUT2D eigenvalue weighted by atomic mass is 10.0. The van der Waals surface area contributed by atoms with Crippen LogP contribution in [0.4, 0.5) is 0 Å². The van der Waals surface area contributed by atoms with E-state index >= 15 is 0 Å². The Labute approximate surface area is 367 Å². The molecule has 0 aromatic carbocycles. The molecule has 58 heavy (non-hydrogen) atoms. The number of ether oxygens (including phenoxy) is 1.